The molecule has 1 aromatic heterocycles. The number of nitrogens with zero attached hydrogens (tertiary/aromatic N) is 2. The minimum absolute atomic E-state index is 0.0611. The molecule has 0 aliphatic heterocycles. The van der Waals surface area contributed by atoms with Crippen molar-refractivity contribution in [3.63, 3.8) is 0 Å². The predicted octanol–water partition coefficient (Wildman–Crippen LogP) is 2.68. The lowest BCUT2D eigenvalue weighted by molar-refractivity contribution is 0.100. The van der Waals surface area contributed by atoms with Gasteiger partial charge in [0.05, 0.1) is 5.41 Å². The Morgan fingerprint density at radius 1 is 1.30 bits per heavy atom. The molecule has 0 atom stereocenters. The molecule has 6 nitrogen and oxygen atoms in total. The second-order valence-corrected chi connectivity index (χ2v) is 6.09. The van der Waals surface area contributed by atoms with Crippen LogP contribution in [0.4, 0.5) is 0 Å². The number of hydrogen-bond acceptors (Lipinski definition) is 5. The third kappa shape index (κ3) is 3.12. The summed E-state index contributed by atoms with van der Waals surface area (Å²) in [6.45, 7) is 0.686. The summed E-state index contributed by atoms with van der Waals surface area (Å²) < 4.78 is 10.8. The highest BCUT2D eigenvalue weighted by molar-refractivity contribution is 5.93. The van der Waals surface area contributed by atoms with Gasteiger partial charge in [0.1, 0.15) is 0 Å². The zero-order chi connectivity index (χ0) is 16.3. The van der Waals surface area contributed by atoms with Gasteiger partial charge in [0, 0.05) is 24.8 Å². The molecule has 6 heteroatoms. The molecule has 2 aromatic rings. The van der Waals surface area contributed by atoms with E-state index in [4.69, 9.17) is 15.0 Å². The van der Waals surface area contributed by atoms with E-state index in [1.807, 2.05) is 0 Å². The SMILES string of the molecule is COCCC1(c2nc(-c3ccc(C(N)=O)cc3)no2)CCCC1. The number of amides is 1. The summed E-state index contributed by atoms with van der Waals surface area (Å²) in [5, 5.41) is 4.12. The Labute approximate surface area is 135 Å². The Bertz CT molecular complexity index is 673. The molecule has 1 aliphatic rings. The number of aromatic nitrogens is 2. The van der Waals surface area contributed by atoms with Gasteiger partial charge >= 0.3 is 0 Å². The predicted molar refractivity (Wildman–Crippen MR) is 84.9 cm³/mol. The Morgan fingerprint density at radius 3 is 2.61 bits per heavy atom. The molecule has 2 N–H and O–H groups in total. The van der Waals surface area contributed by atoms with Gasteiger partial charge in [-0.3, -0.25) is 4.79 Å². The van der Waals surface area contributed by atoms with E-state index < -0.39 is 5.91 Å². The highest BCUT2D eigenvalue weighted by Gasteiger charge is 2.40. The van der Waals surface area contributed by atoms with Crippen molar-refractivity contribution in [2.75, 3.05) is 13.7 Å². The number of hydrogen-bond donors (Lipinski definition) is 1. The smallest absolute Gasteiger partial charge is 0.248 e. The third-order valence-corrected chi connectivity index (χ3v) is 4.65. The molecule has 23 heavy (non-hydrogen) atoms. The molecular formula is C17H21N3O3. The molecule has 3 rings (SSSR count). The van der Waals surface area contributed by atoms with Crippen LogP contribution >= 0.6 is 0 Å². The highest BCUT2D eigenvalue weighted by atomic mass is 16.5. The van der Waals surface area contributed by atoms with Crippen molar-refractivity contribution in [1.82, 2.24) is 10.1 Å². The van der Waals surface area contributed by atoms with Gasteiger partial charge in [-0.05, 0) is 31.4 Å². The number of rotatable bonds is 6. The second kappa shape index (κ2) is 6.50. The summed E-state index contributed by atoms with van der Waals surface area (Å²) in [4.78, 5) is 15.7. The number of methoxy groups -OCH3 is 1. The maximum Gasteiger partial charge on any atom is 0.248 e. The summed E-state index contributed by atoms with van der Waals surface area (Å²) in [5.74, 6) is 0.788. The fourth-order valence-electron chi connectivity index (χ4n) is 3.26. The quantitative estimate of drug-likeness (QED) is 0.885. The molecule has 1 amide bonds. The first-order valence-corrected chi connectivity index (χ1v) is 7.88. The van der Waals surface area contributed by atoms with E-state index in [1.165, 1.54) is 12.8 Å². The van der Waals surface area contributed by atoms with Crippen molar-refractivity contribution in [2.24, 2.45) is 5.73 Å². The molecule has 0 spiro atoms. The topological polar surface area (TPSA) is 91.2 Å². The third-order valence-electron chi connectivity index (χ3n) is 4.65. The molecule has 0 saturated heterocycles. The monoisotopic (exact) mass is 315 g/mol. The van der Waals surface area contributed by atoms with E-state index in [0.29, 0.717) is 23.9 Å². The molecule has 1 fully saturated rings. The van der Waals surface area contributed by atoms with Crippen LogP contribution in [-0.2, 0) is 10.2 Å². The molecule has 0 radical (unpaired) electrons. The Balaban J connectivity index is 1.85. The zero-order valence-electron chi connectivity index (χ0n) is 13.2. The first-order valence-electron chi connectivity index (χ1n) is 7.88. The number of carbonyl (C=O) groups is 1. The average molecular weight is 315 g/mol. The summed E-state index contributed by atoms with van der Waals surface area (Å²) in [6, 6.07) is 6.91. The van der Waals surface area contributed by atoms with Crippen LogP contribution in [0.3, 0.4) is 0 Å². The van der Waals surface area contributed by atoms with Crippen molar-refractivity contribution in [2.45, 2.75) is 37.5 Å². The number of primary amides is 1. The first kappa shape index (κ1) is 15.7. The van der Waals surface area contributed by atoms with E-state index >= 15 is 0 Å². The van der Waals surface area contributed by atoms with Gasteiger partial charge in [-0.15, -0.1) is 0 Å². The number of nitrogens with two attached hydrogens (primary N) is 1. The minimum Gasteiger partial charge on any atom is -0.385 e. The molecule has 1 saturated carbocycles. The molecule has 1 heterocycles. The molecule has 0 unspecified atom stereocenters. The van der Waals surface area contributed by atoms with Crippen LogP contribution in [-0.4, -0.2) is 29.8 Å². The largest absolute Gasteiger partial charge is 0.385 e. The molecule has 0 bridgehead atoms. The molecule has 122 valence electrons. The van der Waals surface area contributed by atoms with E-state index in [2.05, 4.69) is 10.1 Å². The van der Waals surface area contributed by atoms with Crippen molar-refractivity contribution in [3.8, 4) is 11.4 Å². The van der Waals surface area contributed by atoms with Crippen LogP contribution < -0.4 is 5.73 Å². The van der Waals surface area contributed by atoms with Gasteiger partial charge < -0.3 is 15.0 Å². The van der Waals surface area contributed by atoms with Crippen LogP contribution in [0.2, 0.25) is 0 Å². The van der Waals surface area contributed by atoms with Gasteiger partial charge in [-0.1, -0.05) is 30.1 Å². The Kier molecular flexibility index (Phi) is 4.43. The van der Waals surface area contributed by atoms with Crippen molar-refractivity contribution in [1.29, 1.82) is 0 Å². The van der Waals surface area contributed by atoms with Gasteiger partial charge in [-0.2, -0.15) is 4.98 Å². The standard InChI is InChI=1S/C17H21N3O3/c1-22-11-10-17(8-2-3-9-17)16-19-15(20-23-16)13-6-4-12(5-7-13)14(18)21/h4-7H,2-3,8-11H2,1H3,(H2,18,21). The lowest BCUT2D eigenvalue weighted by Crippen LogP contribution is -2.24. The maximum atomic E-state index is 11.1. The van der Waals surface area contributed by atoms with Crippen LogP contribution in [0.1, 0.15) is 48.4 Å². The molecule has 1 aromatic carbocycles. The lowest BCUT2D eigenvalue weighted by Gasteiger charge is -2.23. The van der Waals surface area contributed by atoms with Crippen LogP contribution in [0.5, 0.6) is 0 Å². The van der Waals surface area contributed by atoms with E-state index in [-0.39, 0.29) is 5.41 Å². The summed E-state index contributed by atoms with van der Waals surface area (Å²) in [7, 11) is 1.71. The van der Waals surface area contributed by atoms with E-state index in [9.17, 15) is 4.79 Å². The summed E-state index contributed by atoms with van der Waals surface area (Å²) >= 11 is 0. The van der Waals surface area contributed by atoms with E-state index in [0.717, 1.165) is 24.8 Å². The minimum atomic E-state index is -0.449. The average Bonchev–Trinajstić information content (AvgIpc) is 3.23. The highest BCUT2D eigenvalue weighted by Crippen LogP contribution is 2.43. The fourth-order valence-corrected chi connectivity index (χ4v) is 3.26. The van der Waals surface area contributed by atoms with Crippen LogP contribution in [0.15, 0.2) is 28.8 Å². The van der Waals surface area contributed by atoms with Crippen molar-refractivity contribution >= 4 is 5.91 Å². The maximum absolute atomic E-state index is 11.1. The normalized spacial score (nSPS) is 16.6. The van der Waals surface area contributed by atoms with Crippen molar-refractivity contribution in [3.05, 3.63) is 35.7 Å². The number of ether oxygens (including phenoxy) is 1. The second-order valence-electron chi connectivity index (χ2n) is 6.09. The Hall–Kier alpha value is -2.21. The van der Waals surface area contributed by atoms with Gasteiger partial charge in [0.2, 0.25) is 17.6 Å². The number of benzene rings is 1. The summed E-state index contributed by atoms with van der Waals surface area (Å²) in [5.41, 5.74) is 6.46. The molecule has 1 aliphatic carbocycles. The van der Waals surface area contributed by atoms with Crippen molar-refractivity contribution < 1.29 is 14.1 Å². The van der Waals surface area contributed by atoms with Crippen LogP contribution in [0.25, 0.3) is 11.4 Å². The zero-order valence-corrected chi connectivity index (χ0v) is 13.2. The summed E-state index contributed by atoms with van der Waals surface area (Å²) in [6.07, 6.45) is 5.35. The van der Waals surface area contributed by atoms with Gasteiger partial charge in [0.15, 0.2) is 0 Å². The Morgan fingerprint density at radius 2 is 2.00 bits per heavy atom. The van der Waals surface area contributed by atoms with Gasteiger partial charge in [0.25, 0.3) is 0 Å². The molecular weight excluding hydrogens is 294 g/mol. The fraction of sp³-hybridized carbons (Fsp3) is 0.471. The number of carbonyl (C=O) groups excluding carboxylic acids is 1. The van der Waals surface area contributed by atoms with Crippen LogP contribution in [0, 0.1) is 0 Å². The lowest BCUT2D eigenvalue weighted by atomic mass is 9.83. The van der Waals surface area contributed by atoms with E-state index in [1.54, 1.807) is 31.4 Å². The van der Waals surface area contributed by atoms with Gasteiger partial charge in [-0.25, -0.2) is 0 Å². The first-order chi connectivity index (χ1) is 11.1.